The van der Waals surface area contributed by atoms with Crippen LogP contribution in [0.1, 0.15) is 35.2 Å². The van der Waals surface area contributed by atoms with Gasteiger partial charge in [0.05, 0.1) is 0 Å². The number of carboxylic acid groups (broad SMARTS) is 1. The minimum absolute atomic E-state index is 0.0282. The van der Waals surface area contributed by atoms with Crippen LogP contribution < -0.4 is 10.9 Å². The van der Waals surface area contributed by atoms with E-state index in [-0.39, 0.29) is 12.0 Å². The molecule has 0 bridgehead atoms. The van der Waals surface area contributed by atoms with Crippen molar-refractivity contribution in [1.29, 1.82) is 0 Å². The number of fused-ring (bicyclic) bond motifs is 1. The van der Waals surface area contributed by atoms with E-state index in [0.717, 1.165) is 5.56 Å². The molecular weight excluding hydrogens is 286 g/mol. The number of aromatic nitrogens is 2. The number of aliphatic carboxylic acids is 1. The minimum atomic E-state index is -0.862. The molecule has 1 amide bonds. The van der Waals surface area contributed by atoms with Crippen molar-refractivity contribution in [3.05, 3.63) is 46.0 Å². The summed E-state index contributed by atoms with van der Waals surface area (Å²) in [5, 5.41) is 11.1. The molecule has 0 unspecified atom stereocenters. The zero-order valence-corrected chi connectivity index (χ0v) is 12.2. The Kier molecular flexibility index (Phi) is 4.88. The molecule has 0 aliphatic heterocycles. The van der Waals surface area contributed by atoms with Crippen LogP contribution in [0.5, 0.6) is 0 Å². The van der Waals surface area contributed by atoms with Gasteiger partial charge >= 0.3 is 5.97 Å². The molecule has 0 saturated carbocycles. The number of nitrogens with one attached hydrogen (secondary N) is 1. The normalized spacial score (nSPS) is 10.6. The fraction of sp³-hybridized carbons (Fsp3) is 0.333. The van der Waals surface area contributed by atoms with Gasteiger partial charge in [-0.05, 0) is 37.5 Å². The molecule has 2 N–H and O–H groups in total. The number of unbranched alkanes of at least 4 members (excludes halogenated alkanes) is 1. The Bertz CT molecular complexity index is 767. The summed E-state index contributed by atoms with van der Waals surface area (Å²) in [6.07, 6.45) is 3.94. The number of amides is 1. The number of hydrogen-bond acceptors (Lipinski definition) is 4. The van der Waals surface area contributed by atoms with Crippen molar-refractivity contribution in [2.75, 3.05) is 6.54 Å². The second-order valence-corrected chi connectivity index (χ2v) is 5.02. The SMILES string of the molecule is Cc1ccn2c(=O)c(C(=O)NCCCCC(=O)O)cnc2c1. The van der Waals surface area contributed by atoms with Crippen LogP contribution in [-0.2, 0) is 4.79 Å². The van der Waals surface area contributed by atoms with Crippen LogP contribution in [0.2, 0.25) is 0 Å². The van der Waals surface area contributed by atoms with Crippen LogP contribution in [0.25, 0.3) is 5.65 Å². The fourth-order valence-electron chi connectivity index (χ4n) is 2.03. The van der Waals surface area contributed by atoms with Crippen LogP contribution in [0.4, 0.5) is 0 Å². The zero-order valence-electron chi connectivity index (χ0n) is 12.2. The first-order valence-electron chi connectivity index (χ1n) is 6.97. The summed E-state index contributed by atoms with van der Waals surface area (Å²) in [7, 11) is 0. The van der Waals surface area contributed by atoms with E-state index in [0.29, 0.717) is 25.0 Å². The Balaban J connectivity index is 2.06. The van der Waals surface area contributed by atoms with Crippen molar-refractivity contribution in [1.82, 2.24) is 14.7 Å². The molecule has 2 heterocycles. The summed E-state index contributed by atoms with van der Waals surface area (Å²) in [6, 6.07) is 3.53. The summed E-state index contributed by atoms with van der Waals surface area (Å²) >= 11 is 0. The molecule has 0 spiro atoms. The lowest BCUT2D eigenvalue weighted by Crippen LogP contribution is -2.32. The average molecular weight is 303 g/mol. The molecule has 116 valence electrons. The van der Waals surface area contributed by atoms with E-state index in [9.17, 15) is 14.4 Å². The van der Waals surface area contributed by atoms with Gasteiger partial charge in [-0.2, -0.15) is 0 Å². The van der Waals surface area contributed by atoms with Gasteiger partial charge in [0.25, 0.3) is 11.5 Å². The molecule has 0 atom stereocenters. The fourth-order valence-corrected chi connectivity index (χ4v) is 2.03. The second kappa shape index (κ2) is 6.84. The van der Waals surface area contributed by atoms with Crippen molar-refractivity contribution in [2.45, 2.75) is 26.2 Å². The van der Waals surface area contributed by atoms with Crippen molar-refractivity contribution in [2.24, 2.45) is 0 Å². The van der Waals surface area contributed by atoms with Gasteiger partial charge in [0.15, 0.2) is 0 Å². The van der Waals surface area contributed by atoms with Crippen LogP contribution >= 0.6 is 0 Å². The molecule has 2 rings (SSSR count). The minimum Gasteiger partial charge on any atom is -0.481 e. The second-order valence-electron chi connectivity index (χ2n) is 5.02. The predicted octanol–water partition coefficient (Wildman–Crippen LogP) is 0.988. The molecule has 0 radical (unpaired) electrons. The van der Waals surface area contributed by atoms with Gasteiger partial charge in [-0.3, -0.25) is 18.8 Å². The van der Waals surface area contributed by atoms with E-state index in [4.69, 9.17) is 5.11 Å². The van der Waals surface area contributed by atoms with Crippen LogP contribution in [0, 0.1) is 6.92 Å². The van der Waals surface area contributed by atoms with Crippen molar-refractivity contribution >= 4 is 17.5 Å². The smallest absolute Gasteiger partial charge is 0.303 e. The Morgan fingerprint density at radius 3 is 2.86 bits per heavy atom. The van der Waals surface area contributed by atoms with Crippen LogP contribution in [0.15, 0.2) is 29.3 Å². The lowest BCUT2D eigenvalue weighted by Gasteiger charge is -2.06. The first kappa shape index (κ1) is 15.7. The molecule has 2 aromatic heterocycles. The van der Waals surface area contributed by atoms with E-state index in [1.807, 2.05) is 6.92 Å². The van der Waals surface area contributed by atoms with Crippen molar-refractivity contribution in [3.63, 3.8) is 0 Å². The number of carbonyl (C=O) groups excluding carboxylic acids is 1. The third-order valence-corrected chi connectivity index (χ3v) is 3.21. The molecule has 22 heavy (non-hydrogen) atoms. The van der Waals surface area contributed by atoms with E-state index in [1.54, 1.807) is 18.3 Å². The monoisotopic (exact) mass is 303 g/mol. The number of hydrogen-bond donors (Lipinski definition) is 2. The average Bonchev–Trinajstić information content (AvgIpc) is 2.46. The number of nitrogens with zero attached hydrogens (tertiary/aromatic N) is 2. The molecule has 0 saturated heterocycles. The van der Waals surface area contributed by atoms with Gasteiger partial charge in [0, 0.05) is 25.4 Å². The molecule has 7 heteroatoms. The Morgan fingerprint density at radius 2 is 2.14 bits per heavy atom. The van der Waals surface area contributed by atoms with Gasteiger partial charge < -0.3 is 10.4 Å². The number of rotatable bonds is 6. The van der Waals surface area contributed by atoms with Gasteiger partial charge in [-0.25, -0.2) is 4.98 Å². The summed E-state index contributed by atoms with van der Waals surface area (Å²) in [4.78, 5) is 38.7. The van der Waals surface area contributed by atoms with Gasteiger partial charge in [0.2, 0.25) is 0 Å². The number of carboxylic acids is 1. The standard InChI is InChI=1S/C15H17N3O4/c1-10-5-7-18-12(8-10)17-9-11(15(18)22)14(21)16-6-3-2-4-13(19)20/h5,7-9H,2-4,6H2,1H3,(H,16,21)(H,19,20). The highest BCUT2D eigenvalue weighted by Gasteiger charge is 2.12. The number of aryl methyl sites for hydroxylation is 1. The van der Waals surface area contributed by atoms with E-state index in [2.05, 4.69) is 10.3 Å². The maximum absolute atomic E-state index is 12.2. The van der Waals surface area contributed by atoms with Crippen molar-refractivity contribution < 1.29 is 14.7 Å². The highest BCUT2D eigenvalue weighted by atomic mass is 16.4. The first-order chi connectivity index (χ1) is 10.5. The Morgan fingerprint density at radius 1 is 1.36 bits per heavy atom. The van der Waals surface area contributed by atoms with Crippen LogP contribution in [0.3, 0.4) is 0 Å². The predicted molar refractivity (Wildman–Crippen MR) is 80.0 cm³/mol. The maximum atomic E-state index is 12.2. The molecule has 0 aliphatic rings. The highest BCUT2D eigenvalue weighted by Crippen LogP contribution is 2.02. The molecule has 0 aliphatic carbocycles. The number of pyridine rings is 1. The Hall–Kier alpha value is -2.70. The summed E-state index contributed by atoms with van der Waals surface area (Å²) in [5.41, 5.74) is 1.01. The summed E-state index contributed by atoms with van der Waals surface area (Å²) in [6.45, 7) is 2.21. The summed E-state index contributed by atoms with van der Waals surface area (Å²) < 4.78 is 1.33. The zero-order chi connectivity index (χ0) is 16.1. The van der Waals surface area contributed by atoms with E-state index < -0.39 is 17.4 Å². The number of carbonyl (C=O) groups is 2. The van der Waals surface area contributed by atoms with E-state index >= 15 is 0 Å². The molecular formula is C15H17N3O4. The molecule has 0 fully saturated rings. The van der Waals surface area contributed by atoms with Gasteiger partial charge in [-0.1, -0.05) is 0 Å². The third kappa shape index (κ3) is 3.69. The quantitative estimate of drug-likeness (QED) is 0.775. The molecule has 7 nitrogen and oxygen atoms in total. The third-order valence-electron chi connectivity index (χ3n) is 3.21. The summed E-state index contributed by atoms with van der Waals surface area (Å²) in [5.74, 6) is -1.36. The highest BCUT2D eigenvalue weighted by molar-refractivity contribution is 5.93. The molecule has 2 aromatic rings. The maximum Gasteiger partial charge on any atom is 0.303 e. The van der Waals surface area contributed by atoms with Gasteiger partial charge in [0.1, 0.15) is 11.2 Å². The van der Waals surface area contributed by atoms with Crippen LogP contribution in [-0.4, -0.2) is 32.9 Å². The largest absolute Gasteiger partial charge is 0.481 e. The van der Waals surface area contributed by atoms with Crippen molar-refractivity contribution in [3.8, 4) is 0 Å². The lowest BCUT2D eigenvalue weighted by molar-refractivity contribution is -0.137. The topological polar surface area (TPSA) is 101 Å². The lowest BCUT2D eigenvalue weighted by atomic mass is 10.2. The van der Waals surface area contributed by atoms with Gasteiger partial charge in [-0.15, -0.1) is 0 Å². The molecule has 0 aromatic carbocycles. The van der Waals surface area contributed by atoms with E-state index in [1.165, 1.54) is 10.6 Å². The Labute approximate surface area is 126 Å². The first-order valence-corrected chi connectivity index (χ1v) is 6.97.